The molecule has 3 rings (SSSR count). The lowest BCUT2D eigenvalue weighted by molar-refractivity contribution is 0.617. The Hall–Kier alpha value is -2.03. The maximum absolute atomic E-state index is 13.4. The molecule has 92 valence electrons. The highest BCUT2D eigenvalue weighted by Gasteiger charge is 2.31. The number of halogens is 1. The normalized spacial score (nSPS) is 15.1. The van der Waals surface area contributed by atoms with E-state index in [9.17, 15) is 4.39 Å². The number of fused-ring (bicyclic) bond motifs is 1. The Bertz CT molecular complexity index is 553. The number of para-hydroxylation sites is 2. The van der Waals surface area contributed by atoms with E-state index < -0.39 is 0 Å². The first kappa shape index (κ1) is 11.1. The molecule has 0 amide bonds. The average molecular weight is 242 g/mol. The van der Waals surface area contributed by atoms with Crippen LogP contribution in [0, 0.1) is 5.82 Å². The van der Waals surface area contributed by atoms with Crippen molar-refractivity contribution in [3.8, 4) is 0 Å². The summed E-state index contributed by atoms with van der Waals surface area (Å²) in [4.78, 5) is 4.34. The molecule has 0 bridgehead atoms. The van der Waals surface area contributed by atoms with Crippen LogP contribution in [0.2, 0.25) is 0 Å². The van der Waals surface area contributed by atoms with E-state index in [-0.39, 0.29) is 12.0 Å². The Labute approximate surface area is 106 Å². The molecule has 0 saturated heterocycles. The molecule has 1 heterocycles. The first-order valence-corrected chi connectivity index (χ1v) is 5.98. The minimum atomic E-state index is -0.190. The molecule has 1 aliphatic heterocycles. The topological polar surface area (TPSA) is 6.48 Å². The molecule has 0 fully saturated rings. The quantitative estimate of drug-likeness (QED) is 0.756. The maximum Gasteiger partial charge on any atom is 0.128 e. The second-order valence-corrected chi connectivity index (χ2v) is 4.64. The molecule has 0 aromatic heterocycles. The van der Waals surface area contributed by atoms with Gasteiger partial charge in [0, 0.05) is 14.1 Å². The van der Waals surface area contributed by atoms with Gasteiger partial charge in [-0.1, -0.05) is 24.3 Å². The van der Waals surface area contributed by atoms with Gasteiger partial charge in [-0.05, 0) is 29.8 Å². The van der Waals surface area contributed by atoms with Crippen LogP contribution >= 0.6 is 0 Å². The zero-order valence-corrected chi connectivity index (χ0v) is 10.5. The Morgan fingerprint density at radius 3 is 2.06 bits per heavy atom. The van der Waals surface area contributed by atoms with Crippen molar-refractivity contribution in [3.05, 3.63) is 59.9 Å². The molecule has 0 radical (unpaired) electrons. The standard InChI is InChI=1S/C15H15FN2/c1-17-13-8-3-4-9-14(13)18(2)15(17)11-6-5-7-12(16)10-11/h3-10,15H,1-2H3. The predicted molar refractivity (Wildman–Crippen MR) is 72.4 cm³/mol. The number of anilines is 2. The third kappa shape index (κ3) is 1.55. The first-order chi connectivity index (χ1) is 8.68. The van der Waals surface area contributed by atoms with Gasteiger partial charge in [-0.2, -0.15) is 0 Å². The molecule has 0 aliphatic carbocycles. The summed E-state index contributed by atoms with van der Waals surface area (Å²) < 4.78 is 13.4. The summed E-state index contributed by atoms with van der Waals surface area (Å²) in [6.45, 7) is 0. The van der Waals surface area contributed by atoms with Crippen molar-refractivity contribution < 1.29 is 4.39 Å². The molecule has 18 heavy (non-hydrogen) atoms. The zero-order valence-electron chi connectivity index (χ0n) is 10.5. The number of hydrogen-bond donors (Lipinski definition) is 0. The molecule has 2 nitrogen and oxygen atoms in total. The summed E-state index contributed by atoms with van der Waals surface area (Å²) in [5.41, 5.74) is 3.32. The van der Waals surface area contributed by atoms with E-state index in [4.69, 9.17) is 0 Å². The van der Waals surface area contributed by atoms with Crippen LogP contribution in [0.3, 0.4) is 0 Å². The summed E-state index contributed by atoms with van der Waals surface area (Å²) in [5.74, 6) is -0.190. The van der Waals surface area contributed by atoms with Crippen LogP contribution in [0.5, 0.6) is 0 Å². The maximum atomic E-state index is 13.4. The summed E-state index contributed by atoms with van der Waals surface area (Å²) in [5, 5.41) is 0. The highest BCUT2D eigenvalue weighted by Crippen LogP contribution is 2.43. The first-order valence-electron chi connectivity index (χ1n) is 5.98. The number of hydrogen-bond acceptors (Lipinski definition) is 2. The van der Waals surface area contributed by atoms with Gasteiger partial charge in [0.05, 0.1) is 11.4 Å². The lowest BCUT2D eigenvalue weighted by Crippen LogP contribution is -2.30. The van der Waals surface area contributed by atoms with Gasteiger partial charge in [0.2, 0.25) is 0 Å². The molecule has 1 aliphatic rings. The fourth-order valence-corrected chi connectivity index (χ4v) is 2.70. The van der Waals surface area contributed by atoms with Crippen LogP contribution < -0.4 is 9.80 Å². The third-order valence-corrected chi connectivity index (χ3v) is 3.52. The van der Waals surface area contributed by atoms with Gasteiger partial charge < -0.3 is 9.80 Å². The third-order valence-electron chi connectivity index (χ3n) is 3.52. The van der Waals surface area contributed by atoms with Crippen molar-refractivity contribution >= 4 is 11.4 Å². The lowest BCUT2D eigenvalue weighted by Gasteiger charge is -2.28. The minimum Gasteiger partial charge on any atom is -0.349 e. The van der Waals surface area contributed by atoms with E-state index in [1.807, 2.05) is 32.3 Å². The van der Waals surface area contributed by atoms with E-state index in [1.165, 1.54) is 17.4 Å². The van der Waals surface area contributed by atoms with Crippen molar-refractivity contribution in [2.24, 2.45) is 0 Å². The fourth-order valence-electron chi connectivity index (χ4n) is 2.70. The summed E-state index contributed by atoms with van der Waals surface area (Å²) >= 11 is 0. The zero-order chi connectivity index (χ0) is 12.7. The van der Waals surface area contributed by atoms with E-state index in [0.717, 1.165) is 5.56 Å². The van der Waals surface area contributed by atoms with Gasteiger partial charge >= 0.3 is 0 Å². The summed E-state index contributed by atoms with van der Waals surface area (Å²) in [7, 11) is 4.08. The van der Waals surface area contributed by atoms with Crippen molar-refractivity contribution in [3.63, 3.8) is 0 Å². The Morgan fingerprint density at radius 1 is 0.889 bits per heavy atom. The molecule has 0 unspecified atom stereocenters. The monoisotopic (exact) mass is 242 g/mol. The lowest BCUT2D eigenvalue weighted by atomic mass is 10.1. The van der Waals surface area contributed by atoms with E-state index in [2.05, 4.69) is 21.9 Å². The van der Waals surface area contributed by atoms with Crippen LogP contribution in [0.1, 0.15) is 11.7 Å². The van der Waals surface area contributed by atoms with Gasteiger partial charge in [0.15, 0.2) is 0 Å². The van der Waals surface area contributed by atoms with Crippen LogP contribution in [0.25, 0.3) is 0 Å². The molecule has 2 aromatic rings. The van der Waals surface area contributed by atoms with Crippen molar-refractivity contribution in [2.45, 2.75) is 6.17 Å². The Morgan fingerprint density at radius 2 is 1.50 bits per heavy atom. The van der Waals surface area contributed by atoms with Gasteiger partial charge in [-0.3, -0.25) is 0 Å². The SMILES string of the molecule is CN1c2ccccc2N(C)C1c1cccc(F)c1. The molecule has 0 spiro atoms. The predicted octanol–water partition coefficient (Wildman–Crippen LogP) is 3.41. The number of benzene rings is 2. The van der Waals surface area contributed by atoms with Crippen LogP contribution in [0.15, 0.2) is 48.5 Å². The molecule has 0 N–H and O–H groups in total. The fraction of sp³-hybridized carbons (Fsp3) is 0.200. The highest BCUT2D eigenvalue weighted by molar-refractivity contribution is 5.77. The van der Waals surface area contributed by atoms with Crippen LogP contribution in [0.4, 0.5) is 15.8 Å². The van der Waals surface area contributed by atoms with Gasteiger partial charge in [0.25, 0.3) is 0 Å². The highest BCUT2D eigenvalue weighted by atomic mass is 19.1. The van der Waals surface area contributed by atoms with Gasteiger partial charge in [0.1, 0.15) is 12.0 Å². The van der Waals surface area contributed by atoms with Crippen molar-refractivity contribution in [1.29, 1.82) is 0 Å². The second-order valence-electron chi connectivity index (χ2n) is 4.64. The van der Waals surface area contributed by atoms with Crippen molar-refractivity contribution in [2.75, 3.05) is 23.9 Å². The molecular weight excluding hydrogens is 227 g/mol. The van der Waals surface area contributed by atoms with Gasteiger partial charge in [-0.15, -0.1) is 0 Å². The second kappa shape index (κ2) is 4.02. The van der Waals surface area contributed by atoms with Gasteiger partial charge in [-0.25, -0.2) is 4.39 Å². The van der Waals surface area contributed by atoms with E-state index >= 15 is 0 Å². The number of rotatable bonds is 1. The smallest absolute Gasteiger partial charge is 0.128 e. The van der Waals surface area contributed by atoms with Crippen LogP contribution in [-0.2, 0) is 0 Å². The molecule has 2 aromatic carbocycles. The van der Waals surface area contributed by atoms with E-state index in [0.29, 0.717) is 0 Å². The molecule has 3 heteroatoms. The van der Waals surface area contributed by atoms with Crippen LogP contribution in [-0.4, -0.2) is 14.1 Å². The molecule has 0 atom stereocenters. The number of nitrogens with zero attached hydrogens (tertiary/aromatic N) is 2. The van der Waals surface area contributed by atoms with E-state index in [1.54, 1.807) is 12.1 Å². The molecule has 0 saturated carbocycles. The molecular formula is C15H15FN2. The Balaban J connectivity index is 2.06. The largest absolute Gasteiger partial charge is 0.349 e. The van der Waals surface area contributed by atoms with Crippen molar-refractivity contribution in [1.82, 2.24) is 0 Å². The summed E-state index contributed by atoms with van der Waals surface area (Å²) in [6, 6.07) is 15.0. The Kier molecular flexibility index (Phi) is 2.47. The minimum absolute atomic E-state index is 0.0538. The summed E-state index contributed by atoms with van der Waals surface area (Å²) in [6.07, 6.45) is 0.0538. The average Bonchev–Trinajstić information content (AvgIpc) is 2.63.